The van der Waals surface area contributed by atoms with Crippen LogP contribution in [-0.2, 0) is 9.53 Å². The van der Waals surface area contributed by atoms with Crippen molar-refractivity contribution in [1.29, 1.82) is 0 Å². The predicted octanol–water partition coefficient (Wildman–Crippen LogP) is 0.602. The van der Waals surface area contributed by atoms with E-state index in [2.05, 4.69) is 29.5 Å². The van der Waals surface area contributed by atoms with Crippen LogP contribution in [0.25, 0.3) is 0 Å². The van der Waals surface area contributed by atoms with Crippen molar-refractivity contribution in [3.63, 3.8) is 0 Å². The maximum atomic E-state index is 12.6. The van der Waals surface area contributed by atoms with Gasteiger partial charge in [0.05, 0.1) is 12.0 Å². The molecular weight excluding hydrogens is 254 g/mol. The van der Waals surface area contributed by atoms with Gasteiger partial charge in [0.1, 0.15) is 0 Å². The first kappa shape index (κ1) is 15.7. The molecule has 1 atom stereocenters. The van der Waals surface area contributed by atoms with Gasteiger partial charge in [-0.3, -0.25) is 9.69 Å². The summed E-state index contributed by atoms with van der Waals surface area (Å²) in [6, 6.07) is 1.13. The van der Waals surface area contributed by atoms with E-state index in [4.69, 9.17) is 4.74 Å². The number of amides is 1. The molecule has 5 nitrogen and oxygen atoms in total. The number of nitrogens with one attached hydrogen (secondary N) is 2. The fourth-order valence-electron chi connectivity index (χ4n) is 3.03. The third kappa shape index (κ3) is 3.71. The molecule has 1 amide bonds. The molecule has 1 saturated heterocycles. The number of carbonyl (C=O) groups is 1. The van der Waals surface area contributed by atoms with Crippen LogP contribution in [-0.4, -0.2) is 63.3 Å². The zero-order valence-electron chi connectivity index (χ0n) is 13.1. The summed E-state index contributed by atoms with van der Waals surface area (Å²) in [5, 5.41) is 6.47. The quantitative estimate of drug-likeness (QED) is 0.718. The summed E-state index contributed by atoms with van der Waals surface area (Å²) in [5.41, 5.74) is -0.335. The van der Waals surface area contributed by atoms with E-state index in [1.807, 2.05) is 0 Å². The Bertz CT molecular complexity index is 320. The SMILES string of the molecule is COCC1(C(=O)NCC(C)N(C)C2CC2)CCNCC1. The third-order valence-electron chi connectivity index (χ3n) is 4.84. The van der Waals surface area contributed by atoms with Gasteiger partial charge in [-0.2, -0.15) is 0 Å². The van der Waals surface area contributed by atoms with Crippen LogP contribution in [0.1, 0.15) is 32.6 Å². The van der Waals surface area contributed by atoms with E-state index < -0.39 is 0 Å². The molecule has 1 unspecified atom stereocenters. The summed E-state index contributed by atoms with van der Waals surface area (Å²) in [6.07, 6.45) is 4.32. The zero-order chi connectivity index (χ0) is 14.6. The molecular formula is C15H29N3O2. The maximum absolute atomic E-state index is 12.6. The molecule has 1 aliphatic carbocycles. The molecule has 2 rings (SSSR count). The molecule has 0 bridgehead atoms. The van der Waals surface area contributed by atoms with E-state index >= 15 is 0 Å². The fraction of sp³-hybridized carbons (Fsp3) is 0.933. The highest BCUT2D eigenvalue weighted by molar-refractivity contribution is 5.83. The minimum absolute atomic E-state index is 0.164. The lowest BCUT2D eigenvalue weighted by atomic mass is 9.78. The van der Waals surface area contributed by atoms with Crippen molar-refractivity contribution in [1.82, 2.24) is 15.5 Å². The topological polar surface area (TPSA) is 53.6 Å². The average Bonchev–Trinajstić information content (AvgIpc) is 3.29. The van der Waals surface area contributed by atoms with Crippen molar-refractivity contribution in [3.05, 3.63) is 0 Å². The largest absolute Gasteiger partial charge is 0.384 e. The Balaban J connectivity index is 1.84. The second-order valence-corrected chi connectivity index (χ2v) is 6.42. The van der Waals surface area contributed by atoms with E-state index in [0.717, 1.165) is 38.5 Å². The molecule has 1 aliphatic heterocycles. The first-order valence-corrected chi connectivity index (χ1v) is 7.79. The number of ether oxygens (including phenoxy) is 1. The predicted molar refractivity (Wildman–Crippen MR) is 79.7 cm³/mol. The van der Waals surface area contributed by atoms with Crippen molar-refractivity contribution in [3.8, 4) is 0 Å². The molecule has 2 N–H and O–H groups in total. The van der Waals surface area contributed by atoms with Gasteiger partial charge in [-0.25, -0.2) is 0 Å². The lowest BCUT2D eigenvalue weighted by Crippen LogP contribution is -2.52. The van der Waals surface area contributed by atoms with Gasteiger partial charge in [-0.15, -0.1) is 0 Å². The first-order valence-electron chi connectivity index (χ1n) is 7.79. The Morgan fingerprint density at radius 2 is 2.10 bits per heavy atom. The van der Waals surface area contributed by atoms with Crippen LogP contribution in [0.2, 0.25) is 0 Å². The highest BCUT2D eigenvalue weighted by atomic mass is 16.5. The molecule has 5 heteroatoms. The van der Waals surface area contributed by atoms with Gasteiger partial charge in [0, 0.05) is 25.7 Å². The van der Waals surface area contributed by atoms with Gasteiger partial charge < -0.3 is 15.4 Å². The first-order chi connectivity index (χ1) is 9.59. The number of hydrogen-bond donors (Lipinski definition) is 2. The molecule has 1 saturated carbocycles. The summed E-state index contributed by atoms with van der Waals surface area (Å²) in [4.78, 5) is 15.0. The van der Waals surface area contributed by atoms with Crippen molar-refractivity contribution in [2.24, 2.45) is 5.41 Å². The smallest absolute Gasteiger partial charge is 0.228 e. The number of methoxy groups -OCH3 is 1. The number of hydrogen-bond acceptors (Lipinski definition) is 4. The second-order valence-electron chi connectivity index (χ2n) is 6.42. The molecule has 0 spiro atoms. The van der Waals surface area contributed by atoms with Crippen LogP contribution < -0.4 is 10.6 Å². The van der Waals surface area contributed by atoms with Crippen LogP contribution in [0.4, 0.5) is 0 Å². The molecule has 0 aromatic heterocycles. The number of rotatable bonds is 7. The molecule has 0 aromatic carbocycles. The fourth-order valence-corrected chi connectivity index (χ4v) is 3.03. The lowest BCUT2D eigenvalue weighted by molar-refractivity contribution is -0.136. The van der Waals surface area contributed by atoms with Gasteiger partial charge >= 0.3 is 0 Å². The number of likely N-dealkylation sites (N-methyl/N-ethyl adjacent to an activating group) is 1. The lowest BCUT2D eigenvalue weighted by Gasteiger charge is -2.36. The Morgan fingerprint density at radius 1 is 1.45 bits per heavy atom. The van der Waals surface area contributed by atoms with Crippen LogP contribution >= 0.6 is 0 Å². The molecule has 0 aromatic rings. The second kappa shape index (κ2) is 6.87. The number of piperidine rings is 1. The highest BCUT2D eigenvalue weighted by Gasteiger charge is 2.39. The Hall–Kier alpha value is -0.650. The number of nitrogens with zero attached hydrogens (tertiary/aromatic N) is 1. The highest BCUT2D eigenvalue weighted by Crippen LogP contribution is 2.30. The average molecular weight is 283 g/mol. The van der Waals surface area contributed by atoms with Gasteiger partial charge in [0.15, 0.2) is 0 Å². The minimum atomic E-state index is -0.335. The Morgan fingerprint density at radius 3 is 2.65 bits per heavy atom. The third-order valence-corrected chi connectivity index (χ3v) is 4.84. The molecule has 20 heavy (non-hydrogen) atoms. The van der Waals surface area contributed by atoms with Crippen LogP contribution in [0.15, 0.2) is 0 Å². The monoisotopic (exact) mass is 283 g/mol. The van der Waals surface area contributed by atoms with Gasteiger partial charge in [0.25, 0.3) is 0 Å². The van der Waals surface area contributed by atoms with Gasteiger partial charge in [-0.05, 0) is 52.7 Å². The molecule has 116 valence electrons. The van der Waals surface area contributed by atoms with E-state index in [-0.39, 0.29) is 11.3 Å². The van der Waals surface area contributed by atoms with Crippen LogP contribution in [0.5, 0.6) is 0 Å². The molecule has 1 heterocycles. The normalized spacial score (nSPS) is 23.6. The summed E-state index contributed by atoms with van der Waals surface area (Å²) >= 11 is 0. The summed E-state index contributed by atoms with van der Waals surface area (Å²) in [7, 11) is 3.84. The minimum Gasteiger partial charge on any atom is -0.384 e. The summed E-state index contributed by atoms with van der Waals surface area (Å²) < 4.78 is 5.31. The van der Waals surface area contributed by atoms with Crippen molar-refractivity contribution in [2.45, 2.75) is 44.7 Å². The van der Waals surface area contributed by atoms with Gasteiger partial charge in [-0.1, -0.05) is 0 Å². The van der Waals surface area contributed by atoms with E-state index in [9.17, 15) is 4.79 Å². The van der Waals surface area contributed by atoms with E-state index in [1.165, 1.54) is 12.8 Å². The van der Waals surface area contributed by atoms with Crippen LogP contribution in [0.3, 0.4) is 0 Å². The summed E-state index contributed by atoms with van der Waals surface area (Å²) in [5.74, 6) is 0.164. The standard InChI is InChI=1S/C15H29N3O2/c1-12(18(2)13-4-5-13)10-17-14(19)15(11-20-3)6-8-16-9-7-15/h12-13,16H,4-11H2,1-3H3,(H,17,19). The maximum Gasteiger partial charge on any atom is 0.228 e. The van der Waals surface area contributed by atoms with Crippen LogP contribution in [0, 0.1) is 5.41 Å². The summed E-state index contributed by atoms with van der Waals surface area (Å²) in [6.45, 7) is 5.23. The zero-order valence-corrected chi connectivity index (χ0v) is 13.1. The molecule has 0 radical (unpaired) electrons. The number of carbonyl (C=O) groups excluding carboxylic acids is 1. The molecule has 2 fully saturated rings. The van der Waals surface area contributed by atoms with Crippen molar-refractivity contribution in [2.75, 3.05) is 40.4 Å². The Labute approximate surface area is 122 Å². The molecule has 2 aliphatic rings. The van der Waals surface area contributed by atoms with Crippen molar-refractivity contribution < 1.29 is 9.53 Å². The van der Waals surface area contributed by atoms with Crippen molar-refractivity contribution >= 4 is 5.91 Å². The van der Waals surface area contributed by atoms with E-state index in [0.29, 0.717) is 12.6 Å². The Kier molecular flexibility index (Phi) is 5.41. The van der Waals surface area contributed by atoms with Gasteiger partial charge in [0.2, 0.25) is 5.91 Å². The van der Waals surface area contributed by atoms with E-state index in [1.54, 1.807) is 7.11 Å².